The Morgan fingerprint density at radius 3 is 1.25 bits per heavy atom. The van der Waals surface area contributed by atoms with E-state index in [0.29, 0.717) is 5.92 Å². The molecule has 0 bridgehead atoms. The highest BCUT2D eigenvalue weighted by Gasteiger charge is 2.25. The van der Waals surface area contributed by atoms with Crippen molar-refractivity contribution in [3.63, 3.8) is 0 Å². The van der Waals surface area contributed by atoms with E-state index in [1.807, 2.05) is 0 Å². The maximum atomic E-state index is 2.77. The van der Waals surface area contributed by atoms with Gasteiger partial charge in [-0.25, -0.2) is 9.13 Å². The van der Waals surface area contributed by atoms with Gasteiger partial charge in [0.05, 0.1) is 19.5 Å². The van der Waals surface area contributed by atoms with Gasteiger partial charge in [-0.3, -0.25) is 0 Å². The summed E-state index contributed by atoms with van der Waals surface area (Å²) in [4.78, 5) is 0. The first-order valence-electron chi connectivity index (χ1n) is 24.9. The fourth-order valence-electron chi connectivity index (χ4n) is 8.93. The van der Waals surface area contributed by atoms with Gasteiger partial charge in [0.25, 0.3) is 5.82 Å². The number of aryl methyl sites for hydroxylation is 1. The van der Waals surface area contributed by atoms with Crippen LogP contribution in [0.5, 0.6) is 0 Å². The molecular formula is C54H91N2+. The smallest absolute Gasteiger partial charge is 0.234 e. The molecule has 3 rings (SSSR count). The van der Waals surface area contributed by atoms with Crippen molar-refractivity contribution in [2.45, 2.75) is 252 Å². The number of aromatic nitrogens is 2. The molecule has 1 unspecified atom stereocenters. The van der Waals surface area contributed by atoms with Crippen molar-refractivity contribution in [3.8, 4) is 0 Å². The second kappa shape index (κ2) is 33.6. The highest BCUT2D eigenvalue weighted by Crippen LogP contribution is 2.23. The van der Waals surface area contributed by atoms with Crippen LogP contribution in [0.1, 0.15) is 248 Å². The molecule has 0 saturated heterocycles. The Bertz CT molecular complexity index is 1280. The van der Waals surface area contributed by atoms with Crippen LogP contribution in [0.3, 0.4) is 0 Å². The van der Waals surface area contributed by atoms with Crippen LogP contribution in [0, 0.1) is 0 Å². The van der Waals surface area contributed by atoms with Crippen molar-refractivity contribution in [2.75, 3.05) is 0 Å². The second-order valence-electron chi connectivity index (χ2n) is 17.8. The van der Waals surface area contributed by atoms with Crippen molar-refractivity contribution in [1.29, 1.82) is 0 Å². The number of nitrogens with zero attached hydrogens (tertiary/aromatic N) is 2. The molecule has 0 fully saturated rings. The first-order valence-corrected chi connectivity index (χ1v) is 24.9. The van der Waals surface area contributed by atoms with Gasteiger partial charge in [0.1, 0.15) is 11.9 Å². The third-order valence-electron chi connectivity index (χ3n) is 12.6. The van der Waals surface area contributed by atoms with E-state index in [1.165, 1.54) is 222 Å². The van der Waals surface area contributed by atoms with Gasteiger partial charge in [-0.15, -0.1) is 0 Å². The lowest BCUT2D eigenvalue weighted by molar-refractivity contribution is -0.704. The fraction of sp³-hybridized carbons (Fsp3) is 0.722. The zero-order chi connectivity index (χ0) is 39.6. The Morgan fingerprint density at radius 1 is 0.446 bits per heavy atom. The summed E-state index contributed by atoms with van der Waals surface area (Å²) in [5.41, 5.74) is 4.43. The molecule has 3 aromatic rings. The number of rotatable bonds is 38. The minimum atomic E-state index is 0.513. The van der Waals surface area contributed by atoms with Gasteiger partial charge in [0.15, 0.2) is 0 Å². The number of benzene rings is 2. The van der Waals surface area contributed by atoms with Gasteiger partial charge in [0, 0.05) is 6.42 Å². The molecule has 0 aliphatic rings. The lowest BCUT2D eigenvalue weighted by Gasteiger charge is -2.12. The Kier molecular flexibility index (Phi) is 28.8. The average molecular weight is 768 g/mol. The van der Waals surface area contributed by atoms with Crippen molar-refractivity contribution in [3.05, 3.63) is 89.5 Å². The Labute approximate surface area is 349 Å². The molecule has 1 aromatic heterocycles. The van der Waals surface area contributed by atoms with Gasteiger partial charge in [-0.1, -0.05) is 255 Å². The van der Waals surface area contributed by atoms with E-state index in [-0.39, 0.29) is 0 Å². The SMILES string of the molecule is CCCCCCCCCCCCCCCCCCCn1c(CC(C)c2ccccc2)c[n+](CCCCCCCCCCCCCCCC)c1Cc1ccccc1. The highest BCUT2D eigenvalue weighted by molar-refractivity contribution is 5.22. The third-order valence-corrected chi connectivity index (χ3v) is 12.6. The highest BCUT2D eigenvalue weighted by atomic mass is 15.2. The number of unbranched alkanes of at least 4 members (excludes halogenated alkanes) is 29. The summed E-state index contributed by atoms with van der Waals surface area (Å²) in [5, 5.41) is 0. The van der Waals surface area contributed by atoms with Gasteiger partial charge in [-0.2, -0.15) is 0 Å². The molecule has 0 aliphatic carbocycles. The predicted molar refractivity (Wildman–Crippen MR) is 247 cm³/mol. The molecular weight excluding hydrogens is 677 g/mol. The Hall–Kier alpha value is -2.35. The van der Waals surface area contributed by atoms with Gasteiger partial charge in [-0.05, 0) is 42.7 Å². The maximum Gasteiger partial charge on any atom is 0.261 e. The predicted octanol–water partition coefficient (Wildman–Crippen LogP) is 16.8. The average Bonchev–Trinajstić information content (AvgIpc) is 3.53. The van der Waals surface area contributed by atoms with Crippen LogP contribution in [-0.4, -0.2) is 4.57 Å². The molecule has 0 amide bonds. The fourth-order valence-corrected chi connectivity index (χ4v) is 8.93. The standard InChI is InChI=1S/C54H91N2/c1-4-6-8-10-12-14-16-18-20-21-22-24-26-28-30-32-40-46-56-53(47-50(3)52-43-37-34-38-44-52)49-55(54(56)48-51-41-35-33-36-42-51)45-39-31-29-27-25-23-19-17-15-13-11-9-7-5-2/h33-38,41-44,49-50H,4-32,39-40,45-48H2,1-3H3/q+1. The topological polar surface area (TPSA) is 8.81 Å². The first-order chi connectivity index (χ1) is 27.7. The maximum absolute atomic E-state index is 2.77. The summed E-state index contributed by atoms with van der Waals surface area (Å²) in [6, 6.07) is 22.5. The lowest BCUT2D eigenvalue weighted by atomic mass is 9.96. The minimum absolute atomic E-state index is 0.513. The van der Waals surface area contributed by atoms with Crippen LogP contribution in [0.4, 0.5) is 0 Å². The molecule has 56 heavy (non-hydrogen) atoms. The zero-order valence-electron chi connectivity index (χ0n) is 37.6. The van der Waals surface area contributed by atoms with Crippen LogP contribution < -0.4 is 4.57 Å². The van der Waals surface area contributed by atoms with Crippen LogP contribution >= 0.6 is 0 Å². The molecule has 0 aliphatic heterocycles. The summed E-state index contributed by atoms with van der Waals surface area (Å²) in [6.45, 7) is 9.36. The summed E-state index contributed by atoms with van der Waals surface area (Å²) in [5.74, 6) is 2.04. The van der Waals surface area contributed by atoms with Gasteiger partial charge >= 0.3 is 0 Å². The zero-order valence-corrected chi connectivity index (χ0v) is 37.6. The first kappa shape index (κ1) is 48.0. The van der Waals surface area contributed by atoms with E-state index >= 15 is 0 Å². The van der Waals surface area contributed by atoms with Crippen LogP contribution in [0.25, 0.3) is 0 Å². The summed E-state index contributed by atoms with van der Waals surface area (Å²) < 4.78 is 5.44. The minimum Gasteiger partial charge on any atom is -0.234 e. The van der Waals surface area contributed by atoms with Crippen molar-refractivity contribution in [2.24, 2.45) is 0 Å². The van der Waals surface area contributed by atoms with Crippen molar-refractivity contribution >= 4 is 0 Å². The number of hydrogen-bond donors (Lipinski definition) is 0. The molecule has 316 valence electrons. The van der Waals surface area contributed by atoms with Crippen LogP contribution in [0.15, 0.2) is 66.9 Å². The van der Waals surface area contributed by atoms with E-state index in [2.05, 4.69) is 96.8 Å². The molecule has 0 N–H and O–H groups in total. The van der Waals surface area contributed by atoms with Crippen molar-refractivity contribution in [1.82, 2.24) is 4.57 Å². The van der Waals surface area contributed by atoms with Gasteiger partial charge in [0.2, 0.25) is 0 Å². The second-order valence-corrected chi connectivity index (χ2v) is 17.8. The van der Waals surface area contributed by atoms with E-state index < -0.39 is 0 Å². The molecule has 0 spiro atoms. The van der Waals surface area contributed by atoms with Gasteiger partial charge < -0.3 is 0 Å². The van der Waals surface area contributed by atoms with Crippen LogP contribution in [-0.2, 0) is 25.9 Å². The lowest BCUT2D eigenvalue weighted by Crippen LogP contribution is -2.37. The normalized spacial score (nSPS) is 12.1. The largest absolute Gasteiger partial charge is 0.261 e. The Balaban J connectivity index is 1.45. The summed E-state index contributed by atoms with van der Waals surface area (Å²) >= 11 is 0. The number of hydrogen-bond acceptors (Lipinski definition) is 0. The van der Waals surface area contributed by atoms with E-state index in [1.54, 1.807) is 0 Å². The van der Waals surface area contributed by atoms with Crippen LogP contribution in [0.2, 0.25) is 0 Å². The quantitative estimate of drug-likeness (QED) is 0.0406. The summed E-state index contributed by atoms with van der Waals surface area (Å²) in [6.07, 6.45) is 48.8. The third kappa shape index (κ3) is 22.6. The molecule has 2 aromatic carbocycles. The summed E-state index contributed by atoms with van der Waals surface area (Å²) in [7, 11) is 0. The number of imidazole rings is 1. The molecule has 2 heteroatoms. The van der Waals surface area contributed by atoms with Crippen molar-refractivity contribution < 1.29 is 4.57 Å². The van der Waals surface area contributed by atoms with E-state index in [0.717, 1.165) is 25.9 Å². The molecule has 1 atom stereocenters. The Morgan fingerprint density at radius 2 is 0.821 bits per heavy atom. The van der Waals surface area contributed by atoms with E-state index in [4.69, 9.17) is 0 Å². The molecule has 2 nitrogen and oxygen atoms in total. The van der Waals surface area contributed by atoms with E-state index in [9.17, 15) is 0 Å². The molecule has 0 radical (unpaired) electrons. The molecule has 0 saturated carbocycles. The molecule has 1 heterocycles. The monoisotopic (exact) mass is 768 g/mol.